The molecule has 0 spiro atoms. The lowest BCUT2D eigenvalue weighted by atomic mass is 9.83. The molecule has 2 N–H and O–H groups in total. The standard InChI is InChI=1S/C21H32N4O4/c1-21(2,3)17(20(28)29-4)25-18(26)15(12-14-8-6-5-7-9-14)24-19(27)16-13-22-10-11-23-16/h10-11,13-15,17H,5-9,12H2,1-4H3,(H,24,27)(H,25,26)/t15-,17+/m0/s1. The van der Waals surface area contributed by atoms with Crippen LogP contribution in [0.5, 0.6) is 0 Å². The topological polar surface area (TPSA) is 110 Å². The van der Waals surface area contributed by atoms with Gasteiger partial charge in [0.2, 0.25) is 5.91 Å². The maximum absolute atomic E-state index is 13.1. The maximum atomic E-state index is 13.1. The summed E-state index contributed by atoms with van der Waals surface area (Å²) in [6.07, 6.45) is 10.3. The van der Waals surface area contributed by atoms with Gasteiger partial charge in [-0.2, -0.15) is 0 Å². The Morgan fingerprint density at radius 2 is 1.83 bits per heavy atom. The van der Waals surface area contributed by atoms with E-state index in [2.05, 4.69) is 20.6 Å². The number of hydrogen-bond acceptors (Lipinski definition) is 6. The molecule has 1 aliphatic rings. The summed E-state index contributed by atoms with van der Waals surface area (Å²) in [6.45, 7) is 5.55. The second-order valence-electron chi connectivity index (χ2n) is 8.69. The molecule has 0 unspecified atom stereocenters. The molecule has 1 aromatic heterocycles. The Hall–Kier alpha value is -2.51. The summed E-state index contributed by atoms with van der Waals surface area (Å²) in [6, 6.07) is -1.58. The van der Waals surface area contributed by atoms with E-state index in [1.165, 1.54) is 32.1 Å². The summed E-state index contributed by atoms with van der Waals surface area (Å²) < 4.78 is 4.86. The van der Waals surface area contributed by atoms with Crippen LogP contribution in [0.25, 0.3) is 0 Å². The van der Waals surface area contributed by atoms with E-state index in [1.54, 1.807) is 0 Å². The molecule has 1 heterocycles. The summed E-state index contributed by atoms with van der Waals surface area (Å²) in [5, 5.41) is 5.58. The number of methoxy groups -OCH3 is 1. The van der Waals surface area contributed by atoms with Gasteiger partial charge in [0.25, 0.3) is 5.91 Å². The summed E-state index contributed by atoms with van der Waals surface area (Å²) in [4.78, 5) is 45.8. The molecule has 0 saturated heterocycles. The number of rotatable bonds is 7. The van der Waals surface area contributed by atoms with Crippen molar-refractivity contribution < 1.29 is 19.1 Å². The average molecular weight is 405 g/mol. The van der Waals surface area contributed by atoms with Gasteiger partial charge in [-0.3, -0.25) is 14.6 Å². The highest BCUT2D eigenvalue weighted by molar-refractivity contribution is 5.96. The summed E-state index contributed by atoms with van der Waals surface area (Å²) in [5.74, 6) is -1.01. The Labute approximate surface area is 172 Å². The summed E-state index contributed by atoms with van der Waals surface area (Å²) >= 11 is 0. The van der Waals surface area contributed by atoms with Gasteiger partial charge in [-0.1, -0.05) is 52.9 Å². The Bertz CT molecular complexity index is 696. The first-order valence-electron chi connectivity index (χ1n) is 10.2. The van der Waals surface area contributed by atoms with E-state index in [-0.39, 0.29) is 5.69 Å². The van der Waals surface area contributed by atoms with Gasteiger partial charge in [0, 0.05) is 12.4 Å². The summed E-state index contributed by atoms with van der Waals surface area (Å²) in [5.41, 5.74) is -0.387. The van der Waals surface area contributed by atoms with Gasteiger partial charge in [0.15, 0.2) is 0 Å². The molecule has 29 heavy (non-hydrogen) atoms. The van der Waals surface area contributed by atoms with Crippen LogP contribution in [0.15, 0.2) is 18.6 Å². The largest absolute Gasteiger partial charge is 0.467 e. The molecule has 1 fully saturated rings. The average Bonchev–Trinajstić information content (AvgIpc) is 2.71. The minimum atomic E-state index is -0.817. The normalized spacial score (nSPS) is 17.1. The van der Waals surface area contributed by atoms with E-state index < -0.39 is 35.3 Å². The van der Waals surface area contributed by atoms with Crippen molar-refractivity contribution in [1.29, 1.82) is 0 Å². The van der Waals surface area contributed by atoms with Crippen molar-refractivity contribution in [3.05, 3.63) is 24.3 Å². The zero-order valence-corrected chi connectivity index (χ0v) is 17.7. The molecule has 8 heteroatoms. The number of carbonyl (C=O) groups is 3. The number of hydrogen-bond donors (Lipinski definition) is 2. The Balaban J connectivity index is 2.16. The molecule has 2 rings (SSSR count). The first-order chi connectivity index (χ1) is 13.7. The highest BCUT2D eigenvalue weighted by Crippen LogP contribution is 2.28. The van der Waals surface area contributed by atoms with Crippen LogP contribution in [0.1, 0.15) is 69.8 Å². The molecular weight excluding hydrogens is 372 g/mol. The number of amides is 2. The molecule has 8 nitrogen and oxygen atoms in total. The fourth-order valence-electron chi connectivity index (χ4n) is 3.63. The zero-order valence-electron chi connectivity index (χ0n) is 17.7. The minimum Gasteiger partial charge on any atom is -0.467 e. The number of carbonyl (C=O) groups excluding carboxylic acids is 3. The van der Waals surface area contributed by atoms with E-state index in [9.17, 15) is 14.4 Å². The van der Waals surface area contributed by atoms with Crippen LogP contribution in [0.3, 0.4) is 0 Å². The number of nitrogens with zero attached hydrogens (tertiary/aromatic N) is 2. The molecule has 0 radical (unpaired) electrons. The molecule has 1 aromatic rings. The van der Waals surface area contributed by atoms with Crippen molar-refractivity contribution in [2.45, 2.75) is 71.4 Å². The van der Waals surface area contributed by atoms with Gasteiger partial charge in [-0.05, 0) is 17.8 Å². The Kier molecular flexibility index (Phi) is 8.10. The third kappa shape index (κ3) is 6.80. The predicted molar refractivity (Wildman–Crippen MR) is 108 cm³/mol. The third-order valence-electron chi connectivity index (χ3n) is 5.30. The van der Waals surface area contributed by atoms with Gasteiger partial charge >= 0.3 is 5.97 Å². The van der Waals surface area contributed by atoms with Gasteiger partial charge in [0.05, 0.1) is 13.3 Å². The first kappa shape index (κ1) is 22.8. The van der Waals surface area contributed by atoms with Crippen LogP contribution in [-0.4, -0.2) is 46.9 Å². The van der Waals surface area contributed by atoms with E-state index in [0.717, 1.165) is 25.7 Å². The van der Waals surface area contributed by atoms with Crippen LogP contribution >= 0.6 is 0 Å². The second-order valence-corrected chi connectivity index (χ2v) is 8.69. The van der Waals surface area contributed by atoms with E-state index >= 15 is 0 Å². The molecule has 1 aliphatic carbocycles. The van der Waals surface area contributed by atoms with Gasteiger partial charge in [-0.25, -0.2) is 9.78 Å². The molecular formula is C21H32N4O4. The monoisotopic (exact) mass is 404 g/mol. The van der Waals surface area contributed by atoms with Crippen molar-refractivity contribution in [2.24, 2.45) is 11.3 Å². The zero-order chi connectivity index (χ0) is 21.4. The second kappa shape index (κ2) is 10.3. The van der Waals surface area contributed by atoms with Crippen LogP contribution in [0.4, 0.5) is 0 Å². The van der Waals surface area contributed by atoms with E-state index in [4.69, 9.17) is 4.74 Å². The molecule has 0 aromatic carbocycles. The summed E-state index contributed by atoms with van der Waals surface area (Å²) in [7, 11) is 1.29. The van der Waals surface area contributed by atoms with E-state index in [1.807, 2.05) is 20.8 Å². The highest BCUT2D eigenvalue weighted by Gasteiger charge is 2.36. The number of aromatic nitrogens is 2. The lowest BCUT2D eigenvalue weighted by Gasteiger charge is -2.32. The SMILES string of the molecule is COC(=O)[C@@H](NC(=O)[C@H](CC1CCCCC1)NC(=O)c1cnccn1)C(C)(C)C. The fourth-order valence-corrected chi connectivity index (χ4v) is 3.63. The van der Waals surface area contributed by atoms with Crippen molar-refractivity contribution in [2.75, 3.05) is 7.11 Å². The highest BCUT2D eigenvalue weighted by atomic mass is 16.5. The van der Waals surface area contributed by atoms with Crippen LogP contribution < -0.4 is 10.6 Å². The number of nitrogens with one attached hydrogen (secondary N) is 2. The smallest absolute Gasteiger partial charge is 0.328 e. The van der Waals surface area contributed by atoms with Crippen LogP contribution in [-0.2, 0) is 14.3 Å². The molecule has 0 bridgehead atoms. The van der Waals surface area contributed by atoms with Gasteiger partial charge < -0.3 is 15.4 Å². The maximum Gasteiger partial charge on any atom is 0.328 e. The molecule has 1 saturated carbocycles. The molecule has 160 valence electrons. The Morgan fingerprint density at radius 3 is 2.38 bits per heavy atom. The van der Waals surface area contributed by atoms with Crippen molar-refractivity contribution in [3.8, 4) is 0 Å². The van der Waals surface area contributed by atoms with Crippen molar-refractivity contribution >= 4 is 17.8 Å². The van der Waals surface area contributed by atoms with Crippen LogP contribution in [0.2, 0.25) is 0 Å². The number of ether oxygens (including phenoxy) is 1. The molecule has 2 amide bonds. The first-order valence-corrected chi connectivity index (χ1v) is 10.2. The predicted octanol–water partition coefficient (Wildman–Crippen LogP) is 2.25. The molecule has 0 aliphatic heterocycles. The third-order valence-corrected chi connectivity index (χ3v) is 5.30. The van der Waals surface area contributed by atoms with Gasteiger partial charge in [-0.15, -0.1) is 0 Å². The van der Waals surface area contributed by atoms with E-state index in [0.29, 0.717) is 12.3 Å². The fraction of sp³-hybridized carbons (Fsp3) is 0.667. The number of esters is 1. The van der Waals surface area contributed by atoms with Crippen molar-refractivity contribution in [3.63, 3.8) is 0 Å². The van der Waals surface area contributed by atoms with Crippen LogP contribution in [0, 0.1) is 11.3 Å². The van der Waals surface area contributed by atoms with Gasteiger partial charge in [0.1, 0.15) is 17.8 Å². The lowest BCUT2D eigenvalue weighted by Crippen LogP contribution is -2.56. The Morgan fingerprint density at radius 1 is 1.14 bits per heavy atom. The minimum absolute atomic E-state index is 0.147. The molecule has 2 atom stereocenters. The lowest BCUT2D eigenvalue weighted by molar-refractivity contribution is -0.148. The van der Waals surface area contributed by atoms with Crippen molar-refractivity contribution in [1.82, 2.24) is 20.6 Å². The quantitative estimate of drug-likeness (QED) is 0.675.